The molecule has 1 atom stereocenters. The molecule has 2 rings (SSSR count). The van der Waals surface area contributed by atoms with Gasteiger partial charge in [-0.2, -0.15) is 0 Å². The molecule has 0 fully saturated rings. The van der Waals surface area contributed by atoms with Crippen LogP contribution in [0.5, 0.6) is 5.75 Å². The zero-order chi connectivity index (χ0) is 11.7. The monoisotopic (exact) mass is 237 g/mol. The summed E-state index contributed by atoms with van der Waals surface area (Å²) >= 11 is 5.16. The molecular weight excluding hydrogens is 226 g/mol. The lowest BCUT2D eigenvalue weighted by atomic mass is 10.3. The van der Waals surface area contributed by atoms with E-state index in [4.69, 9.17) is 21.7 Å². The molecule has 5 heteroatoms. The van der Waals surface area contributed by atoms with E-state index in [1.807, 2.05) is 19.3 Å². The van der Waals surface area contributed by atoms with Crippen molar-refractivity contribution in [3.8, 4) is 5.75 Å². The van der Waals surface area contributed by atoms with Gasteiger partial charge in [0, 0.05) is 24.9 Å². The molecule has 0 radical (unpaired) electrons. The standard InChI is InChI=1S/C11H11NO3S/c1-7-6-9(15-11(7)13)14-8-4-3-5-12(2)10(8)16/h3-6,9H,1-2H3. The van der Waals surface area contributed by atoms with Gasteiger partial charge in [-0.3, -0.25) is 0 Å². The third kappa shape index (κ3) is 1.99. The highest BCUT2D eigenvalue weighted by molar-refractivity contribution is 7.71. The van der Waals surface area contributed by atoms with Crippen LogP contribution in [0.2, 0.25) is 0 Å². The van der Waals surface area contributed by atoms with E-state index in [9.17, 15) is 4.79 Å². The first-order valence-corrected chi connectivity index (χ1v) is 5.20. The number of hydrogen-bond acceptors (Lipinski definition) is 4. The summed E-state index contributed by atoms with van der Waals surface area (Å²) in [7, 11) is 1.83. The molecule has 2 heterocycles. The molecule has 0 aromatic carbocycles. The van der Waals surface area contributed by atoms with Gasteiger partial charge in [-0.05, 0) is 19.1 Å². The Morgan fingerprint density at radius 1 is 1.56 bits per heavy atom. The summed E-state index contributed by atoms with van der Waals surface area (Å²) in [5, 5.41) is 0. The second-order valence-corrected chi connectivity index (χ2v) is 3.92. The number of aryl methyl sites for hydroxylation is 1. The number of carbonyl (C=O) groups excluding carboxylic acids is 1. The Morgan fingerprint density at radius 2 is 2.31 bits per heavy atom. The van der Waals surface area contributed by atoms with Crippen molar-refractivity contribution in [2.24, 2.45) is 7.05 Å². The lowest BCUT2D eigenvalue weighted by Gasteiger charge is -2.12. The van der Waals surface area contributed by atoms with Crippen LogP contribution in [0, 0.1) is 4.64 Å². The first-order chi connectivity index (χ1) is 7.58. The average Bonchev–Trinajstić information content (AvgIpc) is 2.54. The Morgan fingerprint density at radius 3 is 2.94 bits per heavy atom. The van der Waals surface area contributed by atoms with Gasteiger partial charge >= 0.3 is 5.97 Å². The molecule has 0 N–H and O–H groups in total. The van der Waals surface area contributed by atoms with E-state index in [2.05, 4.69) is 0 Å². The molecule has 1 aliphatic heterocycles. The number of cyclic esters (lactones) is 1. The van der Waals surface area contributed by atoms with E-state index >= 15 is 0 Å². The van der Waals surface area contributed by atoms with Crippen molar-refractivity contribution in [2.75, 3.05) is 0 Å². The molecule has 0 aliphatic carbocycles. The van der Waals surface area contributed by atoms with Crippen LogP contribution >= 0.6 is 12.2 Å². The minimum absolute atomic E-state index is 0.351. The van der Waals surface area contributed by atoms with Crippen LogP contribution in [-0.4, -0.2) is 16.8 Å². The maximum absolute atomic E-state index is 11.1. The van der Waals surface area contributed by atoms with E-state index in [0.717, 1.165) is 0 Å². The first kappa shape index (κ1) is 10.9. The van der Waals surface area contributed by atoms with Gasteiger partial charge in [0.1, 0.15) is 4.64 Å². The summed E-state index contributed by atoms with van der Waals surface area (Å²) < 4.78 is 12.8. The summed E-state index contributed by atoms with van der Waals surface area (Å²) in [5.74, 6) is 0.181. The Balaban J connectivity index is 2.20. The molecule has 0 bridgehead atoms. The third-order valence-corrected chi connectivity index (χ3v) is 2.75. The topological polar surface area (TPSA) is 40.5 Å². The second-order valence-electron chi connectivity index (χ2n) is 3.53. The zero-order valence-corrected chi connectivity index (χ0v) is 9.78. The van der Waals surface area contributed by atoms with E-state index in [1.54, 1.807) is 23.6 Å². The Hall–Kier alpha value is -1.62. The molecule has 1 aromatic rings. The zero-order valence-electron chi connectivity index (χ0n) is 8.97. The van der Waals surface area contributed by atoms with Crippen LogP contribution in [0.15, 0.2) is 30.0 Å². The molecule has 4 nitrogen and oxygen atoms in total. The lowest BCUT2D eigenvalue weighted by molar-refractivity contribution is -0.148. The molecule has 0 saturated carbocycles. The molecule has 0 amide bonds. The van der Waals surface area contributed by atoms with Crippen molar-refractivity contribution < 1.29 is 14.3 Å². The lowest BCUT2D eigenvalue weighted by Crippen LogP contribution is -2.16. The van der Waals surface area contributed by atoms with Gasteiger partial charge < -0.3 is 14.0 Å². The second kappa shape index (κ2) is 4.09. The van der Waals surface area contributed by atoms with Gasteiger partial charge in [0.25, 0.3) is 6.29 Å². The maximum atomic E-state index is 11.1. The Labute approximate surface area is 98.1 Å². The predicted octanol–water partition coefficient (Wildman–Crippen LogP) is 1.96. The van der Waals surface area contributed by atoms with Crippen molar-refractivity contribution in [1.82, 2.24) is 4.57 Å². The molecule has 1 aliphatic rings. The SMILES string of the molecule is CC1=CC(Oc2cccn(C)c2=S)OC1=O. The summed E-state index contributed by atoms with van der Waals surface area (Å²) in [4.78, 5) is 11.1. The average molecular weight is 237 g/mol. The van der Waals surface area contributed by atoms with Gasteiger partial charge in [0.15, 0.2) is 5.75 Å². The fourth-order valence-corrected chi connectivity index (χ4v) is 1.53. The van der Waals surface area contributed by atoms with Gasteiger partial charge in [-0.15, -0.1) is 0 Å². The molecule has 0 spiro atoms. The van der Waals surface area contributed by atoms with Crippen molar-refractivity contribution >= 4 is 18.2 Å². The van der Waals surface area contributed by atoms with Crippen molar-refractivity contribution in [2.45, 2.75) is 13.2 Å². The van der Waals surface area contributed by atoms with Gasteiger partial charge in [-0.25, -0.2) is 4.79 Å². The number of ether oxygens (including phenoxy) is 2. The van der Waals surface area contributed by atoms with Crippen LogP contribution in [0.1, 0.15) is 6.92 Å². The first-order valence-electron chi connectivity index (χ1n) is 4.79. The van der Waals surface area contributed by atoms with Crippen LogP contribution in [0.25, 0.3) is 0 Å². The molecule has 1 aromatic heterocycles. The highest BCUT2D eigenvalue weighted by Crippen LogP contribution is 2.19. The fraction of sp³-hybridized carbons (Fsp3) is 0.273. The third-order valence-electron chi connectivity index (χ3n) is 2.26. The van der Waals surface area contributed by atoms with Crippen molar-refractivity contribution in [3.05, 3.63) is 34.6 Å². The van der Waals surface area contributed by atoms with Crippen LogP contribution < -0.4 is 4.74 Å². The van der Waals surface area contributed by atoms with E-state index in [1.165, 1.54) is 0 Å². The minimum Gasteiger partial charge on any atom is -0.448 e. The summed E-state index contributed by atoms with van der Waals surface area (Å²) in [5.41, 5.74) is 0.552. The maximum Gasteiger partial charge on any atom is 0.336 e. The molecule has 0 saturated heterocycles. The van der Waals surface area contributed by atoms with Crippen molar-refractivity contribution in [3.63, 3.8) is 0 Å². The number of nitrogens with zero attached hydrogens (tertiary/aromatic N) is 1. The number of carbonyl (C=O) groups is 1. The Bertz CT molecular complexity index is 518. The normalized spacial score (nSPS) is 19.2. The summed E-state index contributed by atoms with van der Waals surface area (Å²) in [6.07, 6.45) is 2.79. The number of hydrogen-bond donors (Lipinski definition) is 0. The van der Waals surface area contributed by atoms with Crippen LogP contribution in [0.3, 0.4) is 0 Å². The van der Waals surface area contributed by atoms with Gasteiger partial charge in [0.2, 0.25) is 0 Å². The van der Waals surface area contributed by atoms with Gasteiger partial charge in [0.05, 0.1) is 0 Å². The highest BCUT2D eigenvalue weighted by atomic mass is 32.1. The van der Waals surface area contributed by atoms with Crippen molar-refractivity contribution in [1.29, 1.82) is 0 Å². The van der Waals surface area contributed by atoms with E-state index in [0.29, 0.717) is 16.0 Å². The van der Waals surface area contributed by atoms with E-state index in [-0.39, 0.29) is 5.97 Å². The quantitative estimate of drug-likeness (QED) is 0.582. The molecule has 84 valence electrons. The fourth-order valence-electron chi connectivity index (χ4n) is 1.35. The minimum atomic E-state index is -0.670. The van der Waals surface area contributed by atoms with E-state index < -0.39 is 6.29 Å². The van der Waals surface area contributed by atoms with Crippen LogP contribution in [-0.2, 0) is 16.6 Å². The molecule has 16 heavy (non-hydrogen) atoms. The predicted molar refractivity (Wildman–Crippen MR) is 60.5 cm³/mol. The van der Waals surface area contributed by atoms with Gasteiger partial charge in [-0.1, -0.05) is 12.2 Å². The number of pyridine rings is 1. The smallest absolute Gasteiger partial charge is 0.336 e. The summed E-state index contributed by atoms with van der Waals surface area (Å²) in [6, 6.07) is 3.57. The number of esters is 1. The molecular formula is C11H11NO3S. The largest absolute Gasteiger partial charge is 0.448 e. The van der Waals surface area contributed by atoms with Crippen LogP contribution in [0.4, 0.5) is 0 Å². The number of aromatic nitrogens is 1. The summed E-state index contributed by atoms with van der Waals surface area (Å²) in [6.45, 7) is 1.69. The Kier molecular flexibility index (Phi) is 2.78. The number of rotatable bonds is 2. The molecule has 1 unspecified atom stereocenters. The highest BCUT2D eigenvalue weighted by Gasteiger charge is 2.23.